The average molecular weight is 273 g/mol. The maximum atomic E-state index is 12.0. The molecular formula is C15H19N3O2. The van der Waals surface area contributed by atoms with Gasteiger partial charge in [-0.05, 0) is 25.0 Å². The minimum Gasteiger partial charge on any atom is -0.352 e. The number of hydrogen-bond acceptors (Lipinski definition) is 2. The molecule has 1 aliphatic heterocycles. The number of primary amides is 1. The van der Waals surface area contributed by atoms with Crippen molar-refractivity contribution in [3.8, 4) is 0 Å². The molecule has 2 rings (SSSR count). The van der Waals surface area contributed by atoms with Crippen LogP contribution >= 0.6 is 0 Å². The molecule has 106 valence electrons. The summed E-state index contributed by atoms with van der Waals surface area (Å²) >= 11 is 0. The number of carbonyl (C=O) groups is 2. The highest BCUT2D eigenvalue weighted by Gasteiger charge is 2.25. The number of nitrogens with one attached hydrogen (secondary N) is 1. The van der Waals surface area contributed by atoms with Gasteiger partial charge >= 0.3 is 6.03 Å². The number of carbonyl (C=O) groups excluding carboxylic acids is 2. The smallest absolute Gasteiger partial charge is 0.312 e. The number of nitrogens with zero attached hydrogens (tertiary/aromatic N) is 1. The van der Waals surface area contributed by atoms with Crippen molar-refractivity contribution in [1.82, 2.24) is 10.2 Å². The van der Waals surface area contributed by atoms with Crippen molar-refractivity contribution in [2.24, 2.45) is 5.73 Å². The van der Waals surface area contributed by atoms with E-state index in [9.17, 15) is 9.59 Å². The zero-order chi connectivity index (χ0) is 14.5. The van der Waals surface area contributed by atoms with Crippen LogP contribution < -0.4 is 11.1 Å². The quantitative estimate of drug-likeness (QED) is 0.814. The Bertz CT molecular complexity index is 522. The van der Waals surface area contributed by atoms with E-state index in [0.29, 0.717) is 13.1 Å². The molecule has 0 spiro atoms. The second kappa shape index (κ2) is 6.23. The molecule has 1 saturated heterocycles. The first-order valence-electron chi connectivity index (χ1n) is 6.64. The topological polar surface area (TPSA) is 75.4 Å². The monoisotopic (exact) mass is 273 g/mol. The van der Waals surface area contributed by atoms with Gasteiger partial charge in [0.15, 0.2) is 0 Å². The largest absolute Gasteiger partial charge is 0.352 e. The molecule has 0 saturated carbocycles. The summed E-state index contributed by atoms with van der Waals surface area (Å²) in [7, 11) is 0. The molecule has 1 aromatic carbocycles. The van der Waals surface area contributed by atoms with E-state index in [1.54, 1.807) is 17.1 Å². The maximum Gasteiger partial charge on any atom is 0.312 e. The molecule has 0 bridgehead atoms. The predicted octanol–water partition coefficient (Wildman–Crippen LogP) is 1.28. The van der Waals surface area contributed by atoms with Gasteiger partial charge < -0.3 is 16.0 Å². The lowest BCUT2D eigenvalue weighted by Gasteiger charge is -2.14. The minimum atomic E-state index is -0.542. The molecule has 0 radical (unpaired) electrons. The van der Waals surface area contributed by atoms with Crippen LogP contribution in [0.5, 0.6) is 0 Å². The molecule has 1 unspecified atom stereocenters. The van der Waals surface area contributed by atoms with Crippen LogP contribution in [0.15, 0.2) is 30.3 Å². The number of likely N-dealkylation sites (tertiary alicyclic amines) is 1. The zero-order valence-corrected chi connectivity index (χ0v) is 11.5. The third kappa shape index (κ3) is 3.85. The average Bonchev–Trinajstić information content (AvgIpc) is 2.85. The normalized spacial score (nSPS) is 18.4. The van der Waals surface area contributed by atoms with Crippen molar-refractivity contribution in [3.05, 3.63) is 41.5 Å². The number of rotatable bonds is 3. The van der Waals surface area contributed by atoms with Crippen LogP contribution in [-0.2, 0) is 4.79 Å². The van der Waals surface area contributed by atoms with E-state index in [-0.39, 0.29) is 11.9 Å². The van der Waals surface area contributed by atoms with Gasteiger partial charge in [0.05, 0.1) is 0 Å². The van der Waals surface area contributed by atoms with Gasteiger partial charge in [0.25, 0.3) is 0 Å². The minimum absolute atomic E-state index is 0.0378. The second-order valence-electron chi connectivity index (χ2n) is 5.02. The van der Waals surface area contributed by atoms with Gasteiger partial charge in [0, 0.05) is 25.2 Å². The summed E-state index contributed by atoms with van der Waals surface area (Å²) in [5.74, 6) is -0.0423. The van der Waals surface area contributed by atoms with Gasteiger partial charge in [-0.25, -0.2) is 4.79 Å². The van der Waals surface area contributed by atoms with Gasteiger partial charge in [0.2, 0.25) is 5.91 Å². The number of benzene rings is 1. The van der Waals surface area contributed by atoms with E-state index < -0.39 is 6.03 Å². The molecule has 1 fully saturated rings. The van der Waals surface area contributed by atoms with E-state index in [0.717, 1.165) is 12.0 Å². The highest BCUT2D eigenvalue weighted by atomic mass is 16.2. The fourth-order valence-corrected chi connectivity index (χ4v) is 2.23. The standard InChI is InChI=1S/C15H19N3O2/c1-11-2-4-12(5-3-11)6-7-14(19)18-9-8-13(10-18)17-15(16)20/h2-7,13H,8-10H2,1H3,(H3,16,17,20)/b7-6+. The van der Waals surface area contributed by atoms with E-state index >= 15 is 0 Å². The third-order valence-electron chi connectivity index (χ3n) is 3.34. The van der Waals surface area contributed by atoms with Gasteiger partial charge in [-0.3, -0.25) is 4.79 Å². The lowest BCUT2D eigenvalue weighted by atomic mass is 10.1. The van der Waals surface area contributed by atoms with Crippen molar-refractivity contribution in [1.29, 1.82) is 0 Å². The van der Waals surface area contributed by atoms with E-state index in [4.69, 9.17) is 5.73 Å². The zero-order valence-electron chi connectivity index (χ0n) is 11.5. The van der Waals surface area contributed by atoms with Crippen LogP contribution in [-0.4, -0.2) is 36.0 Å². The molecule has 3 N–H and O–H groups in total. The predicted molar refractivity (Wildman–Crippen MR) is 77.9 cm³/mol. The van der Waals surface area contributed by atoms with Crippen molar-refractivity contribution in [2.45, 2.75) is 19.4 Å². The Morgan fingerprint density at radius 3 is 2.70 bits per heavy atom. The Hall–Kier alpha value is -2.30. The number of hydrogen-bond donors (Lipinski definition) is 2. The van der Waals surface area contributed by atoms with Crippen LogP contribution in [0, 0.1) is 6.92 Å². The van der Waals surface area contributed by atoms with E-state index in [2.05, 4.69) is 5.32 Å². The fraction of sp³-hybridized carbons (Fsp3) is 0.333. The Morgan fingerprint density at radius 1 is 1.35 bits per heavy atom. The molecule has 0 aromatic heterocycles. The fourth-order valence-electron chi connectivity index (χ4n) is 2.23. The van der Waals surface area contributed by atoms with Crippen LogP contribution in [0.3, 0.4) is 0 Å². The van der Waals surface area contributed by atoms with Crippen LogP contribution in [0.2, 0.25) is 0 Å². The first-order valence-corrected chi connectivity index (χ1v) is 6.64. The lowest BCUT2D eigenvalue weighted by molar-refractivity contribution is -0.125. The Kier molecular flexibility index (Phi) is 4.40. The molecule has 1 heterocycles. The maximum absolute atomic E-state index is 12.0. The SMILES string of the molecule is Cc1ccc(/C=C/C(=O)N2CCC(NC(N)=O)C2)cc1. The van der Waals surface area contributed by atoms with E-state index in [1.807, 2.05) is 31.2 Å². The summed E-state index contributed by atoms with van der Waals surface area (Å²) in [5, 5.41) is 2.63. The Labute approximate surface area is 118 Å². The van der Waals surface area contributed by atoms with Crippen molar-refractivity contribution < 1.29 is 9.59 Å². The summed E-state index contributed by atoms with van der Waals surface area (Å²) in [6.07, 6.45) is 4.11. The van der Waals surface area contributed by atoms with Gasteiger partial charge in [-0.15, -0.1) is 0 Å². The van der Waals surface area contributed by atoms with Crippen LogP contribution in [0.1, 0.15) is 17.5 Å². The van der Waals surface area contributed by atoms with Crippen molar-refractivity contribution in [3.63, 3.8) is 0 Å². The number of nitrogens with two attached hydrogens (primary N) is 1. The molecular weight excluding hydrogens is 254 g/mol. The Morgan fingerprint density at radius 2 is 2.05 bits per heavy atom. The summed E-state index contributed by atoms with van der Waals surface area (Å²) in [6, 6.07) is 7.38. The van der Waals surface area contributed by atoms with Crippen molar-refractivity contribution >= 4 is 18.0 Å². The van der Waals surface area contributed by atoms with Gasteiger partial charge in [0.1, 0.15) is 0 Å². The molecule has 1 aliphatic rings. The third-order valence-corrected chi connectivity index (χ3v) is 3.34. The number of aryl methyl sites for hydroxylation is 1. The highest BCUT2D eigenvalue weighted by molar-refractivity contribution is 5.92. The molecule has 3 amide bonds. The summed E-state index contributed by atoms with van der Waals surface area (Å²) in [4.78, 5) is 24.5. The van der Waals surface area contributed by atoms with Crippen LogP contribution in [0.25, 0.3) is 6.08 Å². The van der Waals surface area contributed by atoms with E-state index in [1.165, 1.54) is 5.56 Å². The summed E-state index contributed by atoms with van der Waals surface area (Å²) in [5.41, 5.74) is 7.26. The lowest BCUT2D eigenvalue weighted by Crippen LogP contribution is -2.40. The van der Waals surface area contributed by atoms with Gasteiger partial charge in [-0.2, -0.15) is 0 Å². The van der Waals surface area contributed by atoms with Gasteiger partial charge in [-0.1, -0.05) is 29.8 Å². The van der Waals surface area contributed by atoms with Crippen LogP contribution in [0.4, 0.5) is 4.79 Å². The second-order valence-corrected chi connectivity index (χ2v) is 5.02. The summed E-state index contributed by atoms with van der Waals surface area (Å²) in [6.45, 7) is 3.18. The van der Waals surface area contributed by atoms with Crippen molar-refractivity contribution in [2.75, 3.05) is 13.1 Å². The highest BCUT2D eigenvalue weighted by Crippen LogP contribution is 2.11. The molecule has 5 nitrogen and oxygen atoms in total. The molecule has 0 aliphatic carbocycles. The molecule has 20 heavy (non-hydrogen) atoms. The first-order chi connectivity index (χ1) is 9.54. The number of urea groups is 1. The summed E-state index contributed by atoms with van der Waals surface area (Å²) < 4.78 is 0. The molecule has 5 heteroatoms. The Balaban J connectivity index is 1.89. The number of amides is 3. The molecule has 1 aromatic rings. The first kappa shape index (κ1) is 14.1. The molecule has 1 atom stereocenters.